The Morgan fingerprint density at radius 3 is 2.59 bits per heavy atom. The lowest BCUT2D eigenvalue weighted by Crippen LogP contribution is -2.32. The molecule has 1 aliphatic carbocycles. The molecule has 0 amide bonds. The van der Waals surface area contributed by atoms with Gasteiger partial charge in [-0.1, -0.05) is 24.3 Å². The molecule has 0 unspecified atom stereocenters. The van der Waals surface area contributed by atoms with Crippen molar-refractivity contribution in [2.75, 3.05) is 0 Å². The number of hydrogen-bond acceptors (Lipinski definition) is 3. The Bertz CT molecular complexity index is 463. The van der Waals surface area contributed by atoms with Crippen molar-refractivity contribution in [1.29, 1.82) is 0 Å². The van der Waals surface area contributed by atoms with Gasteiger partial charge in [0.1, 0.15) is 0 Å². The Morgan fingerprint density at radius 1 is 1.41 bits per heavy atom. The number of rotatable bonds is 3. The Kier molecular flexibility index (Phi) is 2.90. The molecule has 2 rings (SSSR count). The summed E-state index contributed by atoms with van der Waals surface area (Å²) in [4.78, 5) is 14.5. The summed E-state index contributed by atoms with van der Waals surface area (Å²) in [5.74, 6) is 0. The molecule has 1 N–H and O–H groups in total. The van der Waals surface area contributed by atoms with Crippen LogP contribution in [0.3, 0.4) is 0 Å². The van der Waals surface area contributed by atoms with Gasteiger partial charge < -0.3 is 5.11 Å². The van der Waals surface area contributed by atoms with Crippen LogP contribution in [0.2, 0.25) is 0 Å². The number of aliphatic imine (C=N–C) groups is 1. The molecule has 1 aromatic rings. The fourth-order valence-corrected chi connectivity index (χ4v) is 2.25. The van der Waals surface area contributed by atoms with Crippen LogP contribution in [0.25, 0.3) is 0 Å². The summed E-state index contributed by atoms with van der Waals surface area (Å²) in [6, 6.07) is 7.71. The van der Waals surface area contributed by atoms with E-state index in [2.05, 4.69) is 4.99 Å². The molecule has 0 saturated heterocycles. The third-order valence-electron chi connectivity index (χ3n) is 3.55. The molecule has 0 bridgehead atoms. The maximum atomic E-state index is 10.5. The maximum Gasteiger partial charge on any atom is 0.235 e. The zero-order valence-corrected chi connectivity index (χ0v) is 10.2. The van der Waals surface area contributed by atoms with E-state index in [0.717, 1.165) is 30.4 Å². The van der Waals surface area contributed by atoms with E-state index in [9.17, 15) is 9.90 Å². The lowest BCUT2D eigenvalue weighted by Gasteiger charge is -2.37. The number of isocyanates is 1. The molecular weight excluding hydrogens is 214 g/mol. The molecule has 0 heterocycles. The van der Waals surface area contributed by atoms with Crippen molar-refractivity contribution in [3.05, 3.63) is 35.4 Å². The van der Waals surface area contributed by atoms with Gasteiger partial charge in [-0.15, -0.1) is 0 Å². The molecule has 0 aromatic heterocycles. The normalized spacial score (nSPS) is 18.1. The van der Waals surface area contributed by atoms with E-state index in [0.29, 0.717) is 0 Å². The van der Waals surface area contributed by atoms with Crippen molar-refractivity contribution < 1.29 is 9.90 Å². The van der Waals surface area contributed by atoms with Crippen molar-refractivity contribution in [3.63, 3.8) is 0 Å². The van der Waals surface area contributed by atoms with Gasteiger partial charge in [-0.25, -0.2) is 4.79 Å². The molecule has 0 radical (unpaired) electrons. The molecule has 1 fully saturated rings. The zero-order chi connectivity index (χ0) is 12.5. The van der Waals surface area contributed by atoms with E-state index in [-0.39, 0.29) is 5.54 Å². The highest BCUT2D eigenvalue weighted by molar-refractivity contribution is 5.41. The third-order valence-corrected chi connectivity index (χ3v) is 3.55. The van der Waals surface area contributed by atoms with Crippen LogP contribution in [0.4, 0.5) is 0 Å². The third kappa shape index (κ3) is 2.17. The van der Waals surface area contributed by atoms with E-state index in [4.69, 9.17) is 0 Å². The number of carbonyl (C=O) groups excluding carboxylic acids is 1. The van der Waals surface area contributed by atoms with Crippen LogP contribution in [-0.4, -0.2) is 11.2 Å². The second-order valence-corrected chi connectivity index (χ2v) is 5.23. The second-order valence-electron chi connectivity index (χ2n) is 5.23. The molecule has 0 spiro atoms. The van der Waals surface area contributed by atoms with Gasteiger partial charge in [-0.05, 0) is 44.2 Å². The van der Waals surface area contributed by atoms with Crippen molar-refractivity contribution >= 4 is 6.08 Å². The van der Waals surface area contributed by atoms with Gasteiger partial charge in [0.15, 0.2) is 0 Å². The zero-order valence-electron chi connectivity index (χ0n) is 10.2. The van der Waals surface area contributed by atoms with Crippen LogP contribution in [0, 0.1) is 0 Å². The van der Waals surface area contributed by atoms with Crippen molar-refractivity contribution in [2.24, 2.45) is 4.99 Å². The highest BCUT2D eigenvalue weighted by Crippen LogP contribution is 2.45. The second kappa shape index (κ2) is 4.10. The standard InChI is InChI=1S/C14H17NO2/c1-13(2,17)11-5-3-6-12(9-11)14(15-10-16)7-4-8-14/h3,5-6,9,17H,4,7-8H2,1-2H3. The molecule has 3 heteroatoms. The predicted molar refractivity (Wildman–Crippen MR) is 65.3 cm³/mol. The average molecular weight is 231 g/mol. The molecule has 1 aliphatic rings. The summed E-state index contributed by atoms with van der Waals surface area (Å²) in [5.41, 5.74) is 0.601. The average Bonchev–Trinajstić information content (AvgIpc) is 2.22. The SMILES string of the molecule is CC(C)(O)c1cccc(C2(N=C=O)CCC2)c1. The summed E-state index contributed by atoms with van der Waals surface area (Å²) in [7, 11) is 0. The highest BCUT2D eigenvalue weighted by atomic mass is 16.3. The van der Waals surface area contributed by atoms with Crippen LogP contribution in [-0.2, 0) is 15.9 Å². The van der Waals surface area contributed by atoms with Crippen LogP contribution in [0.1, 0.15) is 44.2 Å². The number of nitrogens with zero attached hydrogens (tertiary/aromatic N) is 1. The van der Waals surface area contributed by atoms with Gasteiger partial charge in [0.05, 0.1) is 11.1 Å². The summed E-state index contributed by atoms with van der Waals surface area (Å²) in [6.45, 7) is 3.51. The lowest BCUT2D eigenvalue weighted by atomic mass is 9.71. The van der Waals surface area contributed by atoms with E-state index in [1.54, 1.807) is 19.9 Å². The summed E-state index contributed by atoms with van der Waals surface area (Å²) < 4.78 is 0. The summed E-state index contributed by atoms with van der Waals surface area (Å²) >= 11 is 0. The van der Waals surface area contributed by atoms with E-state index in [1.165, 1.54) is 0 Å². The van der Waals surface area contributed by atoms with Gasteiger partial charge in [0.25, 0.3) is 0 Å². The Hall–Kier alpha value is -1.44. The molecule has 1 aromatic carbocycles. The van der Waals surface area contributed by atoms with Gasteiger partial charge in [-0.3, -0.25) is 0 Å². The predicted octanol–water partition coefficient (Wildman–Crippen LogP) is 2.63. The van der Waals surface area contributed by atoms with E-state index in [1.807, 2.05) is 24.3 Å². The smallest absolute Gasteiger partial charge is 0.235 e. The van der Waals surface area contributed by atoms with Crippen LogP contribution < -0.4 is 0 Å². The molecule has 90 valence electrons. The Morgan fingerprint density at radius 2 is 2.12 bits per heavy atom. The van der Waals surface area contributed by atoms with Crippen molar-refractivity contribution in [2.45, 2.75) is 44.2 Å². The fourth-order valence-electron chi connectivity index (χ4n) is 2.25. The largest absolute Gasteiger partial charge is 0.386 e. The van der Waals surface area contributed by atoms with Gasteiger partial charge in [0, 0.05) is 0 Å². The monoisotopic (exact) mass is 231 g/mol. The van der Waals surface area contributed by atoms with Crippen molar-refractivity contribution in [1.82, 2.24) is 0 Å². The first-order valence-electron chi connectivity index (χ1n) is 5.90. The van der Waals surface area contributed by atoms with Crippen LogP contribution >= 0.6 is 0 Å². The van der Waals surface area contributed by atoms with Crippen LogP contribution in [0.5, 0.6) is 0 Å². The van der Waals surface area contributed by atoms with Crippen molar-refractivity contribution in [3.8, 4) is 0 Å². The van der Waals surface area contributed by atoms with Crippen LogP contribution in [0.15, 0.2) is 29.3 Å². The van der Waals surface area contributed by atoms with Gasteiger partial charge >= 0.3 is 0 Å². The molecular formula is C14H17NO2. The molecule has 17 heavy (non-hydrogen) atoms. The fraction of sp³-hybridized carbons (Fsp3) is 0.500. The van der Waals surface area contributed by atoms with E-state index < -0.39 is 5.60 Å². The number of benzene rings is 1. The number of hydrogen-bond donors (Lipinski definition) is 1. The summed E-state index contributed by atoms with van der Waals surface area (Å²) in [5, 5.41) is 9.99. The summed E-state index contributed by atoms with van der Waals surface area (Å²) in [6.07, 6.45) is 4.53. The Balaban J connectivity index is 2.43. The minimum absolute atomic E-state index is 0.386. The first-order chi connectivity index (χ1) is 7.98. The van der Waals surface area contributed by atoms with Gasteiger partial charge in [-0.2, -0.15) is 4.99 Å². The first kappa shape index (κ1) is 12.0. The number of aliphatic hydroxyl groups is 1. The minimum atomic E-state index is -0.869. The molecule has 0 atom stereocenters. The van der Waals surface area contributed by atoms with Gasteiger partial charge in [0.2, 0.25) is 6.08 Å². The quantitative estimate of drug-likeness (QED) is 0.642. The van der Waals surface area contributed by atoms with E-state index >= 15 is 0 Å². The lowest BCUT2D eigenvalue weighted by molar-refractivity contribution is 0.0783. The molecule has 3 nitrogen and oxygen atoms in total. The maximum absolute atomic E-state index is 10.5. The topological polar surface area (TPSA) is 49.7 Å². The first-order valence-corrected chi connectivity index (χ1v) is 5.90. The molecule has 1 saturated carbocycles. The molecule has 0 aliphatic heterocycles. The minimum Gasteiger partial charge on any atom is -0.386 e. The highest BCUT2D eigenvalue weighted by Gasteiger charge is 2.39. The Labute approximate surface area is 101 Å².